The number of hydrogen-bond donors (Lipinski definition) is 2. The maximum absolute atomic E-state index is 10.6. The van der Waals surface area contributed by atoms with Crippen molar-refractivity contribution in [2.75, 3.05) is 0 Å². The van der Waals surface area contributed by atoms with Crippen molar-refractivity contribution in [1.29, 1.82) is 0 Å². The van der Waals surface area contributed by atoms with Crippen molar-refractivity contribution in [3.05, 3.63) is 39.7 Å². The molecule has 0 radical (unpaired) electrons. The number of aliphatic carboxylic acids is 1. The van der Waals surface area contributed by atoms with Crippen LogP contribution in [0.15, 0.2) is 39.7 Å². The van der Waals surface area contributed by atoms with Gasteiger partial charge in [-0.1, -0.05) is 0 Å². The van der Waals surface area contributed by atoms with Crippen molar-refractivity contribution in [2.24, 2.45) is 5.73 Å². The lowest BCUT2D eigenvalue weighted by Gasteiger charge is -1.98. The molecular weight excluding hydrogens is 222 g/mol. The highest BCUT2D eigenvalue weighted by atomic mass is 79.9. The van der Waals surface area contributed by atoms with Crippen molar-refractivity contribution in [1.82, 2.24) is 0 Å². The van der Waals surface area contributed by atoms with Gasteiger partial charge in [-0.3, -0.25) is 0 Å². The Morgan fingerprint density at radius 3 is 2.92 bits per heavy atom. The summed E-state index contributed by atoms with van der Waals surface area (Å²) < 4.78 is 0.632. The van der Waals surface area contributed by atoms with Crippen molar-refractivity contribution in [3.8, 4) is 0 Å². The predicted molar refractivity (Wildman–Crippen MR) is 48.5 cm³/mol. The van der Waals surface area contributed by atoms with E-state index in [1.165, 1.54) is 18.2 Å². The van der Waals surface area contributed by atoms with Crippen LogP contribution in [0.1, 0.15) is 0 Å². The Hall–Kier alpha value is -1.25. The first-order chi connectivity index (χ1) is 5.61. The van der Waals surface area contributed by atoms with E-state index in [9.17, 15) is 4.79 Å². The molecule has 12 heavy (non-hydrogen) atoms. The molecule has 0 saturated heterocycles. The Labute approximate surface area is 77.7 Å². The summed E-state index contributed by atoms with van der Waals surface area (Å²) in [5.74, 6) is -1.04. The lowest BCUT2D eigenvalue weighted by atomic mass is 10.2. The molecule has 0 aromatic carbocycles. The SMILES string of the molecule is NC1=CC(Br)=C=CC=C1C(=O)O. The van der Waals surface area contributed by atoms with Crippen LogP contribution in [-0.4, -0.2) is 11.1 Å². The van der Waals surface area contributed by atoms with Crippen molar-refractivity contribution >= 4 is 21.9 Å². The van der Waals surface area contributed by atoms with E-state index in [1.54, 1.807) is 0 Å². The number of nitrogens with two attached hydrogens (primary N) is 1. The van der Waals surface area contributed by atoms with E-state index in [4.69, 9.17) is 10.8 Å². The summed E-state index contributed by atoms with van der Waals surface area (Å²) in [4.78, 5) is 10.6. The molecule has 0 spiro atoms. The van der Waals surface area contributed by atoms with Gasteiger partial charge >= 0.3 is 5.97 Å². The fourth-order valence-electron chi connectivity index (χ4n) is 0.752. The highest BCUT2D eigenvalue weighted by Gasteiger charge is 2.10. The molecule has 0 aromatic heterocycles. The normalized spacial score (nSPS) is 15.9. The average Bonchev–Trinajstić information content (AvgIpc) is 2.10. The van der Waals surface area contributed by atoms with Crippen LogP contribution in [0.25, 0.3) is 0 Å². The second-order valence-corrected chi connectivity index (χ2v) is 3.00. The van der Waals surface area contributed by atoms with Crippen molar-refractivity contribution in [3.63, 3.8) is 0 Å². The molecule has 1 rings (SSSR count). The zero-order chi connectivity index (χ0) is 9.14. The summed E-state index contributed by atoms with van der Waals surface area (Å²) in [6.45, 7) is 0. The van der Waals surface area contributed by atoms with E-state index >= 15 is 0 Å². The number of rotatable bonds is 1. The first-order valence-corrected chi connectivity index (χ1v) is 3.94. The monoisotopic (exact) mass is 227 g/mol. The summed E-state index contributed by atoms with van der Waals surface area (Å²) in [5, 5.41) is 8.66. The van der Waals surface area contributed by atoms with E-state index in [0.29, 0.717) is 4.48 Å². The summed E-state index contributed by atoms with van der Waals surface area (Å²) >= 11 is 3.15. The van der Waals surface area contributed by atoms with Gasteiger partial charge in [0.2, 0.25) is 0 Å². The molecular formula is C8H6BrNO2. The molecule has 0 amide bonds. The minimum Gasteiger partial charge on any atom is -0.478 e. The lowest BCUT2D eigenvalue weighted by molar-refractivity contribution is -0.132. The standard InChI is InChI=1S/C8H6BrNO2/c9-5-2-1-3-6(8(11)12)7(10)4-5/h1,3-4H,10H2,(H,11,12). The molecule has 0 heterocycles. The largest absolute Gasteiger partial charge is 0.478 e. The number of carboxylic acids is 1. The van der Waals surface area contributed by atoms with Crippen LogP contribution in [0.4, 0.5) is 0 Å². The van der Waals surface area contributed by atoms with Crippen LogP contribution in [0.5, 0.6) is 0 Å². The third-order valence-electron chi connectivity index (χ3n) is 1.29. The molecule has 1 aliphatic rings. The van der Waals surface area contributed by atoms with Crippen LogP contribution in [0.3, 0.4) is 0 Å². The highest BCUT2D eigenvalue weighted by molar-refractivity contribution is 9.11. The molecule has 0 aliphatic heterocycles. The minimum atomic E-state index is -1.04. The molecule has 0 unspecified atom stereocenters. The Balaban J connectivity index is 3.12. The highest BCUT2D eigenvalue weighted by Crippen LogP contribution is 2.14. The van der Waals surface area contributed by atoms with Crippen LogP contribution >= 0.6 is 15.9 Å². The maximum Gasteiger partial charge on any atom is 0.337 e. The smallest absolute Gasteiger partial charge is 0.337 e. The van der Waals surface area contributed by atoms with Gasteiger partial charge in [0.25, 0.3) is 0 Å². The molecule has 0 saturated carbocycles. The topological polar surface area (TPSA) is 63.3 Å². The molecule has 62 valence electrons. The number of hydrogen-bond acceptors (Lipinski definition) is 2. The number of halogens is 1. The van der Waals surface area contributed by atoms with Crippen LogP contribution < -0.4 is 5.73 Å². The van der Waals surface area contributed by atoms with Crippen molar-refractivity contribution < 1.29 is 9.90 Å². The molecule has 0 aromatic rings. The van der Waals surface area contributed by atoms with E-state index < -0.39 is 5.97 Å². The summed E-state index contributed by atoms with van der Waals surface area (Å²) in [7, 11) is 0. The summed E-state index contributed by atoms with van der Waals surface area (Å²) in [6.07, 6.45) is 4.41. The lowest BCUT2D eigenvalue weighted by Crippen LogP contribution is -2.09. The molecule has 0 bridgehead atoms. The van der Waals surface area contributed by atoms with Gasteiger partial charge in [0.1, 0.15) is 0 Å². The third-order valence-corrected chi connectivity index (χ3v) is 1.75. The number of carbonyl (C=O) groups is 1. The molecule has 3 N–H and O–H groups in total. The van der Waals surface area contributed by atoms with Crippen molar-refractivity contribution in [2.45, 2.75) is 0 Å². The Morgan fingerprint density at radius 1 is 1.67 bits per heavy atom. The van der Waals surface area contributed by atoms with Gasteiger partial charge in [0, 0.05) is 5.70 Å². The van der Waals surface area contributed by atoms with E-state index in [2.05, 4.69) is 21.7 Å². The molecule has 1 aliphatic carbocycles. The quantitative estimate of drug-likeness (QED) is 0.664. The van der Waals surface area contributed by atoms with E-state index in [-0.39, 0.29) is 11.3 Å². The molecule has 3 nitrogen and oxygen atoms in total. The third kappa shape index (κ3) is 1.87. The Kier molecular flexibility index (Phi) is 2.53. The number of carboxylic acid groups (broad SMARTS) is 1. The first-order valence-electron chi connectivity index (χ1n) is 3.14. The fourth-order valence-corrected chi connectivity index (χ4v) is 1.13. The van der Waals surface area contributed by atoms with Crippen LogP contribution in [0.2, 0.25) is 0 Å². The zero-order valence-corrected chi connectivity index (χ0v) is 7.63. The molecule has 0 atom stereocenters. The number of allylic oxidation sites excluding steroid dienone is 3. The fraction of sp³-hybridized carbons (Fsp3) is 0. The van der Waals surface area contributed by atoms with Crippen LogP contribution in [0, 0.1) is 0 Å². The van der Waals surface area contributed by atoms with Gasteiger partial charge in [0.05, 0.1) is 10.1 Å². The molecule has 0 fully saturated rings. The maximum atomic E-state index is 10.6. The van der Waals surface area contributed by atoms with Gasteiger partial charge in [-0.2, -0.15) is 0 Å². The van der Waals surface area contributed by atoms with Gasteiger partial charge < -0.3 is 10.8 Å². The second-order valence-electron chi connectivity index (χ2n) is 2.14. The predicted octanol–water partition coefficient (Wildman–Crippen LogP) is 1.29. The Morgan fingerprint density at radius 2 is 2.33 bits per heavy atom. The van der Waals surface area contributed by atoms with Gasteiger partial charge in [-0.05, 0) is 34.2 Å². The molecule has 4 heteroatoms. The van der Waals surface area contributed by atoms with Gasteiger partial charge in [-0.15, -0.1) is 5.73 Å². The van der Waals surface area contributed by atoms with E-state index in [0.717, 1.165) is 0 Å². The Bertz CT molecular complexity index is 346. The van der Waals surface area contributed by atoms with Crippen LogP contribution in [-0.2, 0) is 4.79 Å². The summed E-state index contributed by atoms with van der Waals surface area (Å²) in [5.41, 5.74) is 8.54. The first kappa shape index (κ1) is 8.84. The average molecular weight is 228 g/mol. The zero-order valence-electron chi connectivity index (χ0n) is 6.04. The summed E-state index contributed by atoms with van der Waals surface area (Å²) in [6, 6.07) is 0. The van der Waals surface area contributed by atoms with Gasteiger partial charge in [0.15, 0.2) is 0 Å². The minimum absolute atomic E-state index is 0.0805. The second kappa shape index (κ2) is 3.43. The van der Waals surface area contributed by atoms with Gasteiger partial charge in [-0.25, -0.2) is 4.79 Å². The van der Waals surface area contributed by atoms with E-state index in [1.807, 2.05) is 0 Å².